The van der Waals surface area contributed by atoms with Gasteiger partial charge in [0, 0.05) is 26.3 Å². The molecule has 1 aromatic heterocycles. The molecule has 1 fully saturated rings. The Morgan fingerprint density at radius 1 is 1.53 bits per heavy atom. The highest BCUT2D eigenvalue weighted by Gasteiger charge is 2.07. The molecule has 1 aromatic rings. The van der Waals surface area contributed by atoms with Crippen LogP contribution in [0.25, 0.3) is 6.08 Å². The molecule has 1 saturated heterocycles. The lowest BCUT2D eigenvalue weighted by molar-refractivity contribution is 0.0958. The van der Waals surface area contributed by atoms with Gasteiger partial charge in [-0.1, -0.05) is 12.1 Å². The normalized spacial score (nSPS) is 14.3. The lowest BCUT2D eigenvalue weighted by atomic mass is 10.1. The number of pyridine rings is 1. The molecule has 0 spiro atoms. The zero-order valence-electron chi connectivity index (χ0n) is 8.58. The fourth-order valence-corrected chi connectivity index (χ4v) is 1.36. The Morgan fingerprint density at radius 3 is 2.80 bits per heavy atom. The molecule has 4 heteroatoms. The van der Waals surface area contributed by atoms with Crippen LogP contribution in [-0.2, 0) is 0 Å². The van der Waals surface area contributed by atoms with E-state index < -0.39 is 0 Å². The Kier molecular flexibility index (Phi) is 2.78. The molecule has 0 radical (unpaired) electrons. The third kappa shape index (κ3) is 2.22. The van der Waals surface area contributed by atoms with E-state index in [1.54, 1.807) is 19.3 Å². The number of amides is 1. The van der Waals surface area contributed by atoms with E-state index in [9.17, 15) is 4.79 Å². The fraction of sp³-hybridized carbons (Fsp3) is 0.273. The quantitative estimate of drug-likeness (QED) is 0.732. The van der Waals surface area contributed by atoms with Gasteiger partial charge in [-0.25, -0.2) is 0 Å². The van der Waals surface area contributed by atoms with E-state index in [2.05, 4.69) is 21.7 Å². The van der Waals surface area contributed by atoms with Crippen molar-refractivity contribution in [2.24, 2.45) is 0 Å². The third-order valence-corrected chi connectivity index (χ3v) is 2.32. The van der Waals surface area contributed by atoms with Crippen molar-refractivity contribution in [2.45, 2.75) is 0 Å². The maximum Gasteiger partial charge on any atom is 0.269 e. The number of carbonyl (C=O) groups excluding carboxylic acids is 1. The number of rotatable bonds is 2. The van der Waals surface area contributed by atoms with Crippen LogP contribution in [0.4, 0.5) is 0 Å². The van der Waals surface area contributed by atoms with Crippen molar-refractivity contribution in [3.63, 3.8) is 0 Å². The van der Waals surface area contributed by atoms with Crippen LogP contribution in [0.2, 0.25) is 0 Å². The van der Waals surface area contributed by atoms with Gasteiger partial charge in [-0.3, -0.25) is 9.78 Å². The number of aromatic nitrogens is 1. The predicted octanol–water partition coefficient (Wildman–Crippen LogP) is 0.428. The van der Waals surface area contributed by atoms with Crippen molar-refractivity contribution in [3.8, 4) is 0 Å². The number of nitrogens with one attached hydrogen (secondary N) is 2. The van der Waals surface area contributed by atoms with Crippen molar-refractivity contribution < 1.29 is 4.79 Å². The van der Waals surface area contributed by atoms with Crippen molar-refractivity contribution in [2.75, 3.05) is 20.1 Å². The first-order valence-corrected chi connectivity index (χ1v) is 4.88. The summed E-state index contributed by atoms with van der Waals surface area (Å²) in [5, 5.41) is 5.70. The average molecular weight is 203 g/mol. The Labute approximate surface area is 88.4 Å². The van der Waals surface area contributed by atoms with Crippen LogP contribution >= 0.6 is 0 Å². The first kappa shape index (κ1) is 9.86. The Hall–Kier alpha value is -1.68. The maximum atomic E-state index is 11.2. The summed E-state index contributed by atoms with van der Waals surface area (Å²) >= 11 is 0. The van der Waals surface area contributed by atoms with Crippen molar-refractivity contribution >= 4 is 12.0 Å². The molecule has 78 valence electrons. The minimum absolute atomic E-state index is 0.153. The molecule has 0 aliphatic carbocycles. The molecule has 15 heavy (non-hydrogen) atoms. The van der Waals surface area contributed by atoms with Gasteiger partial charge in [0.1, 0.15) is 5.69 Å². The van der Waals surface area contributed by atoms with Gasteiger partial charge in [-0.2, -0.15) is 0 Å². The van der Waals surface area contributed by atoms with Gasteiger partial charge >= 0.3 is 0 Å². The highest BCUT2D eigenvalue weighted by atomic mass is 16.1. The predicted molar refractivity (Wildman–Crippen MR) is 58.5 cm³/mol. The van der Waals surface area contributed by atoms with Crippen LogP contribution in [0.3, 0.4) is 0 Å². The van der Waals surface area contributed by atoms with Crippen LogP contribution in [0.15, 0.2) is 23.9 Å². The van der Waals surface area contributed by atoms with Crippen LogP contribution in [-0.4, -0.2) is 31.0 Å². The molecule has 0 atom stereocenters. The molecular weight excluding hydrogens is 190 g/mol. The zero-order chi connectivity index (χ0) is 10.7. The third-order valence-electron chi connectivity index (χ3n) is 2.32. The Morgan fingerprint density at radius 2 is 2.33 bits per heavy atom. The van der Waals surface area contributed by atoms with E-state index in [1.807, 2.05) is 6.07 Å². The molecule has 2 rings (SSSR count). The van der Waals surface area contributed by atoms with Crippen LogP contribution in [0.5, 0.6) is 0 Å². The van der Waals surface area contributed by atoms with Crippen molar-refractivity contribution in [1.29, 1.82) is 0 Å². The summed E-state index contributed by atoms with van der Waals surface area (Å²) in [7, 11) is 1.60. The van der Waals surface area contributed by atoms with E-state index in [1.165, 1.54) is 5.57 Å². The summed E-state index contributed by atoms with van der Waals surface area (Å²) in [5.41, 5.74) is 2.86. The number of nitrogens with zero attached hydrogens (tertiary/aromatic N) is 1. The molecule has 0 saturated carbocycles. The molecule has 0 unspecified atom stereocenters. The summed E-state index contributed by atoms with van der Waals surface area (Å²) in [6, 6.07) is 3.64. The van der Waals surface area contributed by atoms with E-state index >= 15 is 0 Å². The molecular formula is C11H13N3O. The van der Waals surface area contributed by atoms with Gasteiger partial charge in [-0.15, -0.1) is 0 Å². The number of hydrogen-bond donors (Lipinski definition) is 2. The fourth-order valence-electron chi connectivity index (χ4n) is 1.36. The molecule has 0 bridgehead atoms. The maximum absolute atomic E-state index is 11.2. The minimum atomic E-state index is -0.153. The SMILES string of the molecule is CNC(=O)c1ccc(C=C2CNC2)cn1. The van der Waals surface area contributed by atoms with Gasteiger partial charge in [0.25, 0.3) is 5.91 Å². The van der Waals surface area contributed by atoms with Crippen LogP contribution < -0.4 is 10.6 Å². The minimum Gasteiger partial charge on any atom is -0.354 e. The summed E-state index contributed by atoms with van der Waals surface area (Å²) in [5.74, 6) is -0.153. The molecule has 0 aromatic carbocycles. The lowest BCUT2D eigenvalue weighted by Gasteiger charge is -2.18. The molecule has 1 aliphatic heterocycles. The van der Waals surface area contributed by atoms with Crippen molar-refractivity contribution in [3.05, 3.63) is 35.2 Å². The molecule has 2 N–H and O–H groups in total. The molecule has 4 nitrogen and oxygen atoms in total. The zero-order valence-corrected chi connectivity index (χ0v) is 8.58. The standard InChI is InChI=1S/C11H13N3O/c1-12-11(15)10-3-2-8(7-14-10)4-9-5-13-6-9/h2-4,7,13H,5-6H2,1H3,(H,12,15). The van der Waals surface area contributed by atoms with E-state index in [-0.39, 0.29) is 5.91 Å². The second kappa shape index (κ2) is 4.23. The summed E-state index contributed by atoms with van der Waals surface area (Å²) in [4.78, 5) is 15.3. The van der Waals surface area contributed by atoms with Gasteiger partial charge < -0.3 is 10.6 Å². The molecule has 1 aliphatic rings. The van der Waals surface area contributed by atoms with Crippen LogP contribution in [0.1, 0.15) is 16.1 Å². The average Bonchev–Trinajstić information content (AvgIpc) is 2.23. The monoisotopic (exact) mass is 203 g/mol. The van der Waals surface area contributed by atoms with E-state index in [0.717, 1.165) is 18.7 Å². The van der Waals surface area contributed by atoms with E-state index in [0.29, 0.717) is 5.69 Å². The summed E-state index contributed by atoms with van der Waals surface area (Å²) in [6.45, 7) is 1.91. The topological polar surface area (TPSA) is 54.0 Å². The Bertz CT molecular complexity index is 389. The highest BCUT2D eigenvalue weighted by Crippen LogP contribution is 2.09. The Balaban J connectivity index is 2.13. The lowest BCUT2D eigenvalue weighted by Crippen LogP contribution is -2.33. The van der Waals surface area contributed by atoms with E-state index in [4.69, 9.17) is 0 Å². The number of carbonyl (C=O) groups is 1. The second-order valence-electron chi connectivity index (χ2n) is 3.46. The van der Waals surface area contributed by atoms with Gasteiger partial charge in [0.15, 0.2) is 0 Å². The van der Waals surface area contributed by atoms with Gasteiger partial charge in [-0.05, 0) is 17.2 Å². The first-order valence-electron chi connectivity index (χ1n) is 4.88. The first-order chi connectivity index (χ1) is 7.29. The van der Waals surface area contributed by atoms with Crippen LogP contribution in [0, 0.1) is 0 Å². The van der Waals surface area contributed by atoms with Gasteiger partial charge in [0.2, 0.25) is 0 Å². The second-order valence-corrected chi connectivity index (χ2v) is 3.46. The van der Waals surface area contributed by atoms with Crippen molar-refractivity contribution in [1.82, 2.24) is 15.6 Å². The summed E-state index contributed by atoms with van der Waals surface area (Å²) in [6.07, 6.45) is 3.81. The number of hydrogen-bond acceptors (Lipinski definition) is 3. The molecule has 1 amide bonds. The highest BCUT2D eigenvalue weighted by molar-refractivity contribution is 5.92. The smallest absolute Gasteiger partial charge is 0.269 e. The summed E-state index contributed by atoms with van der Waals surface area (Å²) < 4.78 is 0. The molecule has 2 heterocycles. The largest absolute Gasteiger partial charge is 0.354 e. The van der Waals surface area contributed by atoms with Gasteiger partial charge in [0.05, 0.1) is 0 Å².